The van der Waals surface area contributed by atoms with Crippen molar-refractivity contribution in [3.63, 3.8) is 0 Å². The Bertz CT molecular complexity index is 506. The number of rotatable bonds is 6. The summed E-state index contributed by atoms with van der Waals surface area (Å²) in [6, 6.07) is 3.62. The van der Waals surface area contributed by atoms with Crippen molar-refractivity contribution in [2.45, 2.75) is 45.8 Å². The van der Waals surface area contributed by atoms with Crippen LogP contribution in [-0.2, 0) is 0 Å². The van der Waals surface area contributed by atoms with Crippen LogP contribution in [0, 0.1) is 5.82 Å². The highest BCUT2D eigenvalue weighted by Crippen LogP contribution is 2.22. The summed E-state index contributed by atoms with van der Waals surface area (Å²) in [4.78, 5) is 13.6. The largest absolute Gasteiger partial charge is 0.394 e. The lowest BCUT2D eigenvalue weighted by Crippen LogP contribution is -2.46. The second kappa shape index (κ2) is 8.10. The van der Waals surface area contributed by atoms with Gasteiger partial charge in [0.2, 0.25) is 0 Å². The molecule has 1 aromatic carbocycles. The molecule has 1 rings (SSSR count). The molecule has 0 radical (unpaired) electrons. The van der Waals surface area contributed by atoms with Crippen molar-refractivity contribution in [1.29, 1.82) is 0 Å². The third-order valence-corrected chi connectivity index (χ3v) is 3.39. The Hall–Kier alpha value is -1.66. The summed E-state index contributed by atoms with van der Waals surface area (Å²) in [5.74, 6) is -0.309. The molecule has 22 heavy (non-hydrogen) atoms. The quantitative estimate of drug-likeness (QED) is 0.756. The molecule has 0 bridgehead atoms. The highest BCUT2D eigenvalue weighted by Gasteiger charge is 2.21. The number of nitrogens with zero attached hydrogens (tertiary/aromatic N) is 1. The average Bonchev–Trinajstić information content (AvgIpc) is 2.43. The molecular formula is C16H25FN2O3. The molecule has 0 aliphatic rings. The van der Waals surface area contributed by atoms with Crippen LogP contribution in [0.15, 0.2) is 18.2 Å². The van der Waals surface area contributed by atoms with Gasteiger partial charge < -0.3 is 20.4 Å². The Labute approximate surface area is 130 Å². The zero-order valence-corrected chi connectivity index (χ0v) is 13.5. The summed E-state index contributed by atoms with van der Waals surface area (Å²) >= 11 is 0. The van der Waals surface area contributed by atoms with Gasteiger partial charge in [0.15, 0.2) is 0 Å². The summed E-state index contributed by atoms with van der Waals surface area (Å²) < 4.78 is 13.9. The van der Waals surface area contributed by atoms with E-state index in [1.807, 2.05) is 13.8 Å². The summed E-state index contributed by atoms with van der Waals surface area (Å²) in [6.45, 7) is 6.88. The fraction of sp³-hybridized carbons (Fsp3) is 0.562. The van der Waals surface area contributed by atoms with Crippen molar-refractivity contribution in [3.8, 4) is 0 Å². The zero-order chi connectivity index (χ0) is 16.9. The third kappa shape index (κ3) is 4.96. The molecule has 0 spiro atoms. The van der Waals surface area contributed by atoms with Gasteiger partial charge in [0, 0.05) is 12.2 Å². The maximum Gasteiger partial charge on any atom is 0.322 e. The van der Waals surface area contributed by atoms with Gasteiger partial charge in [0.1, 0.15) is 5.82 Å². The molecule has 124 valence electrons. The van der Waals surface area contributed by atoms with Crippen molar-refractivity contribution in [2.75, 3.05) is 18.5 Å². The highest BCUT2D eigenvalue weighted by atomic mass is 19.1. The number of hydrogen-bond donors (Lipinski definition) is 3. The number of nitrogens with one attached hydrogen (secondary N) is 1. The number of carbonyl (C=O) groups is 1. The number of benzene rings is 1. The Morgan fingerprint density at radius 3 is 2.41 bits per heavy atom. The number of anilines is 1. The molecule has 0 aromatic heterocycles. The molecule has 6 heteroatoms. The first-order valence-corrected chi connectivity index (χ1v) is 7.42. The van der Waals surface area contributed by atoms with Crippen molar-refractivity contribution >= 4 is 11.7 Å². The molecule has 0 unspecified atom stereocenters. The first kappa shape index (κ1) is 18.4. The normalized spacial score (nSPS) is 13.8. The topological polar surface area (TPSA) is 72.8 Å². The van der Waals surface area contributed by atoms with Gasteiger partial charge in [-0.2, -0.15) is 0 Å². The Balaban J connectivity index is 2.87. The van der Waals surface area contributed by atoms with E-state index in [2.05, 4.69) is 5.32 Å². The Kier molecular flexibility index (Phi) is 6.77. The lowest BCUT2D eigenvalue weighted by molar-refractivity contribution is 0.0994. The van der Waals surface area contributed by atoms with E-state index in [1.165, 1.54) is 11.0 Å². The summed E-state index contributed by atoms with van der Waals surface area (Å²) in [6.07, 6.45) is -0.722. The van der Waals surface area contributed by atoms with Crippen LogP contribution in [0.1, 0.15) is 39.2 Å². The molecule has 5 nitrogen and oxygen atoms in total. The van der Waals surface area contributed by atoms with Gasteiger partial charge in [-0.05, 0) is 37.5 Å². The van der Waals surface area contributed by atoms with Crippen molar-refractivity contribution in [1.82, 2.24) is 4.90 Å². The van der Waals surface area contributed by atoms with E-state index in [0.29, 0.717) is 11.3 Å². The van der Waals surface area contributed by atoms with Crippen LogP contribution in [0.4, 0.5) is 14.9 Å². The molecule has 0 saturated carbocycles. The van der Waals surface area contributed by atoms with E-state index in [4.69, 9.17) is 0 Å². The van der Waals surface area contributed by atoms with E-state index in [-0.39, 0.29) is 24.9 Å². The van der Waals surface area contributed by atoms with Gasteiger partial charge >= 0.3 is 6.03 Å². The predicted molar refractivity (Wildman–Crippen MR) is 84.4 cm³/mol. The molecular weight excluding hydrogens is 287 g/mol. The minimum Gasteiger partial charge on any atom is -0.394 e. The molecule has 0 aliphatic carbocycles. The SMILES string of the molecule is CC(C)c1ccc(NC(=O)N(C[C@@H](C)O)[C@@H](C)CO)cc1F. The summed E-state index contributed by atoms with van der Waals surface area (Å²) in [5.41, 5.74) is 0.926. The van der Waals surface area contributed by atoms with Crippen LogP contribution < -0.4 is 5.32 Å². The number of carbonyl (C=O) groups excluding carboxylic acids is 1. The maximum absolute atomic E-state index is 13.9. The second-order valence-corrected chi connectivity index (χ2v) is 5.85. The van der Waals surface area contributed by atoms with Crippen LogP contribution >= 0.6 is 0 Å². The molecule has 2 atom stereocenters. The minimum absolute atomic E-state index is 0.0610. The van der Waals surface area contributed by atoms with E-state index in [9.17, 15) is 19.4 Å². The van der Waals surface area contributed by atoms with Crippen molar-refractivity contribution < 1.29 is 19.4 Å². The molecule has 0 saturated heterocycles. The van der Waals surface area contributed by atoms with E-state index in [1.54, 1.807) is 26.0 Å². The van der Waals surface area contributed by atoms with Gasteiger partial charge in [-0.1, -0.05) is 19.9 Å². The van der Waals surface area contributed by atoms with Crippen LogP contribution in [0.2, 0.25) is 0 Å². The first-order valence-electron chi connectivity index (χ1n) is 7.42. The number of amides is 2. The maximum atomic E-state index is 13.9. The molecule has 0 fully saturated rings. The lowest BCUT2D eigenvalue weighted by atomic mass is 10.0. The highest BCUT2D eigenvalue weighted by molar-refractivity contribution is 5.89. The average molecular weight is 312 g/mol. The number of aliphatic hydroxyl groups excluding tert-OH is 2. The van der Waals surface area contributed by atoms with Crippen LogP contribution in [0.3, 0.4) is 0 Å². The molecule has 0 aliphatic heterocycles. The number of aliphatic hydroxyl groups is 2. The number of urea groups is 1. The fourth-order valence-electron chi connectivity index (χ4n) is 2.11. The van der Waals surface area contributed by atoms with E-state index < -0.39 is 18.2 Å². The monoisotopic (exact) mass is 312 g/mol. The van der Waals surface area contributed by atoms with Crippen LogP contribution in [-0.4, -0.2) is 46.4 Å². The van der Waals surface area contributed by atoms with Crippen LogP contribution in [0.5, 0.6) is 0 Å². The minimum atomic E-state index is -0.722. The van der Waals surface area contributed by atoms with Gasteiger partial charge in [0.25, 0.3) is 0 Å². The van der Waals surface area contributed by atoms with Gasteiger partial charge in [-0.3, -0.25) is 0 Å². The van der Waals surface area contributed by atoms with E-state index in [0.717, 1.165) is 0 Å². The molecule has 3 N–H and O–H groups in total. The lowest BCUT2D eigenvalue weighted by Gasteiger charge is -2.29. The summed E-state index contributed by atoms with van der Waals surface area (Å²) in [5, 5.41) is 21.3. The van der Waals surface area contributed by atoms with E-state index >= 15 is 0 Å². The predicted octanol–water partition coefficient (Wildman–Crippen LogP) is 2.54. The Morgan fingerprint density at radius 2 is 1.95 bits per heavy atom. The molecule has 1 aromatic rings. The summed E-state index contributed by atoms with van der Waals surface area (Å²) in [7, 11) is 0. The van der Waals surface area contributed by atoms with Gasteiger partial charge in [0.05, 0.1) is 18.8 Å². The van der Waals surface area contributed by atoms with Gasteiger partial charge in [-0.15, -0.1) is 0 Å². The standard InChI is InChI=1S/C16H25FN2O3/c1-10(2)14-6-5-13(7-15(14)17)18-16(22)19(8-12(4)21)11(3)9-20/h5-7,10-12,20-21H,8-9H2,1-4H3,(H,18,22)/t11-,12+/m0/s1. The van der Waals surface area contributed by atoms with Crippen molar-refractivity contribution in [2.24, 2.45) is 0 Å². The van der Waals surface area contributed by atoms with Crippen LogP contribution in [0.25, 0.3) is 0 Å². The third-order valence-electron chi connectivity index (χ3n) is 3.39. The first-order chi connectivity index (χ1) is 10.3. The number of halogens is 1. The smallest absolute Gasteiger partial charge is 0.322 e. The van der Waals surface area contributed by atoms with Gasteiger partial charge in [-0.25, -0.2) is 9.18 Å². The fourth-order valence-corrected chi connectivity index (χ4v) is 2.11. The number of hydrogen-bond acceptors (Lipinski definition) is 3. The second-order valence-electron chi connectivity index (χ2n) is 5.85. The zero-order valence-electron chi connectivity index (χ0n) is 13.5. The molecule has 2 amide bonds. The van der Waals surface area contributed by atoms with Crippen molar-refractivity contribution in [3.05, 3.63) is 29.6 Å². The Morgan fingerprint density at radius 1 is 1.32 bits per heavy atom. The molecule has 0 heterocycles.